The lowest BCUT2D eigenvalue weighted by Crippen LogP contribution is -2.78. The first-order valence-electron chi connectivity index (χ1n) is 9.13. The normalized spacial score (nSPS) is 10.6. The van der Waals surface area contributed by atoms with Gasteiger partial charge in [0, 0.05) is 23.2 Å². The van der Waals surface area contributed by atoms with E-state index in [1.807, 2.05) is 19.2 Å². The Morgan fingerprint density at radius 2 is 2.10 bits per heavy atom. The van der Waals surface area contributed by atoms with E-state index >= 15 is 0 Å². The van der Waals surface area contributed by atoms with Gasteiger partial charge in [0.15, 0.2) is 0 Å². The molecule has 8 nitrogen and oxygen atoms in total. The number of pyridine rings is 2. The summed E-state index contributed by atoms with van der Waals surface area (Å²) in [6.45, 7) is 11.9. The molecular formula is C20H26ClN6O2+. The molecule has 154 valence electrons. The van der Waals surface area contributed by atoms with Crippen LogP contribution in [0.15, 0.2) is 30.9 Å². The van der Waals surface area contributed by atoms with Crippen LogP contribution < -0.4 is 21.0 Å². The lowest BCUT2D eigenvalue weighted by Gasteiger charge is -2.16. The number of nitrogens with two attached hydrogens (primary N) is 1. The summed E-state index contributed by atoms with van der Waals surface area (Å²) in [5.74, 6) is 0.993. The second-order valence-corrected chi connectivity index (χ2v) is 7.18. The highest BCUT2D eigenvalue weighted by molar-refractivity contribution is 6.29. The van der Waals surface area contributed by atoms with Crippen molar-refractivity contribution in [3.63, 3.8) is 0 Å². The minimum absolute atomic E-state index is 0.141. The molecular weight excluding hydrogens is 392 g/mol. The van der Waals surface area contributed by atoms with Crippen molar-refractivity contribution in [2.24, 2.45) is 0 Å². The van der Waals surface area contributed by atoms with Gasteiger partial charge in [-0.15, -0.1) is 0 Å². The lowest BCUT2D eigenvalue weighted by atomic mass is 9.95. The summed E-state index contributed by atoms with van der Waals surface area (Å²) in [4.78, 5) is 26.1. The van der Waals surface area contributed by atoms with Crippen LogP contribution in [0.3, 0.4) is 0 Å². The highest BCUT2D eigenvalue weighted by Crippen LogP contribution is 2.27. The second-order valence-electron chi connectivity index (χ2n) is 6.80. The molecule has 2 heterocycles. The van der Waals surface area contributed by atoms with Gasteiger partial charge in [0.25, 0.3) is 5.88 Å². The number of rotatable bonds is 8. The fourth-order valence-corrected chi connectivity index (χ4v) is 3.03. The number of nitrogens with zero attached hydrogens (tertiary/aromatic N) is 2. The number of carbonyl (C=O) groups excluding carboxylic acids is 1. The van der Waals surface area contributed by atoms with E-state index in [1.54, 1.807) is 32.1 Å². The van der Waals surface area contributed by atoms with Gasteiger partial charge in [0.2, 0.25) is 5.82 Å². The topological polar surface area (TPSA) is 117 Å². The predicted molar refractivity (Wildman–Crippen MR) is 114 cm³/mol. The lowest BCUT2D eigenvalue weighted by molar-refractivity contribution is -0.564. The van der Waals surface area contributed by atoms with Gasteiger partial charge in [0.05, 0.1) is 12.1 Å². The third-order valence-electron chi connectivity index (χ3n) is 3.96. The monoisotopic (exact) mass is 417 g/mol. The maximum Gasteiger partial charge on any atom is 0.352 e. The summed E-state index contributed by atoms with van der Waals surface area (Å²) in [7, 11) is 0. The minimum Gasteiger partial charge on any atom is -0.357 e. The second kappa shape index (κ2) is 9.99. The first-order chi connectivity index (χ1) is 13.7. The molecule has 0 unspecified atom stereocenters. The number of carbonyl (C=O) groups is 1. The van der Waals surface area contributed by atoms with E-state index in [9.17, 15) is 4.79 Å². The average Bonchev–Trinajstić information content (AvgIpc) is 2.62. The van der Waals surface area contributed by atoms with Crippen LogP contribution in [0.5, 0.6) is 5.88 Å². The Hall–Kier alpha value is -2.97. The van der Waals surface area contributed by atoms with Gasteiger partial charge in [-0.25, -0.2) is 9.78 Å². The molecule has 0 saturated heterocycles. The van der Waals surface area contributed by atoms with Crippen molar-refractivity contribution in [3.8, 4) is 5.88 Å². The highest BCUT2D eigenvalue weighted by atomic mass is 35.5. The Morgan fingerprint density at radius 1 is 1.38 bits per heavy atom. The summed E-state index contributed by atoms with van der Waals surface area (Å²) in [5, 5.41) is 12.9. The molecule has 0 aliphatic heterocycles. The van der Waals surface area contributed by atoms with Gasteiger partial charge in [-0.3, -0.25) is 5.32 Å². The molecule has 2 aromatic rings. The van der Waals surface area contributed by atoms with Crippen molar-refractivity contribution < 1.29 is 14.9 Å². The molecule has 0 radical (unpaired) electrons. The molecule has 0 saturated carbocycles. The van der Waals surface area contributed by atoms with Crippen molar-refractivity contribution in [1.82, 2.24) is 15.4 Å². The summed E-state index contributed by atoms with van der Waals surface area (Å²) < 4.78 is 0. The maximum absolute atomic E-state index is 12.2. The van der Waals surface area contributed by atoms with E-state index < -0.39 is 6.03 Å². The number of aromatic nitrogens is 2. The minimum atomic E-state index is -0.580. The Labute approximate surface area is 175 Å². The Kier molecular flexibility index (Phi) is 7.69. The quantitative estimate of drug-likeness (QED) is 0.228. The van der Waals surface area contributed by atoms with Gasteiger partial charge < -0.3 is 15.6 Å². The molecule has 2 aromatic heterocycles. The SMILES string of the molecule is C=CC[NH2+]c1nc(ONC(=O)Nc2cc(C)nc(Cl)c2)cc(C(C)C)c1C(C)=N. The van der Waals surface area contributed by atoms with Crippen LogP contribution in [-0.4, -0.2) is 28.3 Å². The van der Waals surface area contributed by atoms with Gasteiger partial charge in [-0.2, -0.15) is 10.5 Å². The zero-order chi connectivity index (χ0) is 21.6. The van der Waals surface area contributed by atoms with Gasteiger partial charge in [0.1, 0.15) is 5.15 Å². The van der Waals surface area contributed by atoms with Gasteiger partial charge in [-0.1, -0.05) is 32.0 Å². The zero-order valence-corrected chi connectivity index (χ0v) is 17.7. The van der Waals surface area contributed by atoms with Gasteiger partial charge >= 0.3 is 6.03 Å². The molecule has 0 bridgehead atoms. The molecule has 5 N–H and O–H groups in total. The third kappa shape index (κ3) is 6.27. The summed E-state index contributed by atoms with van der Waals surface area (Å²) in [5.41, 5.74) is 5.59. The van der Waals surface area contributed by atoms with E-state index in [-0.39, 0.29) is 17.0 Å². The van der Waals surface area contributed by atoms with Crippen molar-refractivity contribution in [2.75, 3.05) is 11.9 Å². The zero-order valence-electron chi connectivity index (χ0n) is 17.0. The third-order valence-corrected chi connectivity index (χ3v) is 4.15. The van der Waals surface area contributed by atoms with Crippen molar-refractivity contribution >= 4 is 34.8 Å². The molecule has 29 heavy (non-hydrogen) atoms. The smallest absolute Gasteiger partial charge is 0.352 e. The van der Waals surface area contributed by atoms with E-state index in [1.165, 1.54) is 6.07 Å². The van der Waals surface area contributed by atoms with Crippen LogP contribution in [0.2, 0.25) is 5.15 Å². The van der Waals surface area contributed by atoms with Crippen molar-refractivity contribution in [1.29, 1.82) is 5.41 Å². The summed E-state index contributed by atoms with van der Waals surface area (Å²) in [6.07, 6.45) is 1.75. The number of aryl methyl sites for hydroxylation is 1. The van der Waals surface area contributed by atoms with Crippen LogP contribution in [0, 0.1) is 12.3 Å². The fourth-order valence-electron chi connectivity index (χ4n) is 2.77. The number of nitrogens with one attached hydrogen (secondary N) is 3. The molecule has 0 fully saturated rings. The molecule has 0 spiro atoms. The van der Waals surface area contributed by atoms with E-state index in [0.717, 1.165) is 11.1 Å². The number of anilines is 1. The van der Waals surface area contributed by atoms with Crippen LogP contribution in [0.25, 0.3) is 0 Å². The largest absolute Gasteiger partial charge is 0.357 e. The van der Waals surface area contributed by atoms with Crippen LogP contribution in [0.1, 0.15) is 43.5 Å². The standard InChI is InChI=1S/C20H25ClN6O2/c1-6-7-23-19-18(13(5)22)15(11(2)3)10-17(26-19)29-27-20(28)25-14-8-12(4)24-16(21)9-14/h6,8-11,22H,1,7H2,2-5H3,(H,23,26)(H2,24,25,27,28)/p+1. The molecule has 0 aliphatic rings. The van der Waals surface area contributed by atoms with E-state index in [2.05, 4.69) is 27.3 Å². The molecule has 0 aliphatic carbocycles. The number of amides is 2. The van der Waals surface area contributed by atoms with Crippen molar-refractivity contribution in [3.05, 3.63) is 52.8 Å². The van der Waals surface area contributed by atoms with E-state index in [0.29, 0.717) is 29.5 Å². The summed E-state index contributed by atoms with van der Waals surface area (Å²) in [6, 6.07) is 4.37. The number of hydroxylamine groups is 1. The maximum atomic E-state index is 12.2. The number of hydrogen-bond donors (Lipinski definition) is 4. The van der Waals surface area contributed by atoms with Crippen LogP contribution in [0.4, 0.5) is 16.3 Å². The number of quaternary nitrogens is 1. The Bertz CT molecular complexity index is 909. The molecule has 9 heteroatoms. The molecule has 2 rings (SSSR count). The first kappa shape index (κ1) is 22.3. The van der Waals surface area contributed by atoms with Crippen LogP contribution in [-0.2, 0) is 0 Å². The molecule has 0 atom stereocenters. The van der Waals surface area contributed by atoms with E-state index in [4.69, 9.17) is 21.8 Å². The van der Waals surface area contributed by atoms with Crippen molar-refractivity contribution in [2.45, 2.75) is 33.6 Å². The van der Waals surface area contributed by atoms with Gasteiger partial charge in [-0.05, 0) is 43.5 Å². The van der Waals surface area contributed by atoms with Crippen LogP contribution >= 0.6 is 11.6 Å². The Morgan fingerprint density at radius 3 is 2.69 bits per heavy atom. The molecule has 2 amide bonds. The molecule has 0 aromatic carbocycles. The Balaban J connectivity index is 2.20. The number of hydrogen-bond acceptors (Lipinski definition) is 5. The average molecular weight is 418 g/mol. The predicted octanol–water partition coefficient (Wildman–Crippen LogP) is 3.45. The first-order valence-corrected chi connectivity index (χ1v) is 9.51. The number of urea groups is 1. The fraction of sp³-hybridized carbons (Fsp3) is 0.300. The summed E-state index contributed by atoms with van der Waals surface area (Å²) >= 11 is 5.90. The highest BCUT2D eigenvalue weighted by Gasteiger charge is 2.20. The number of halogens is 1.